The Bertz CT molecular complexity index is 852. The van der Waals surface area contributed by atoms with Crippen LogP contribution in [-0.4, -0.2) is 4.89 Å². The summed E-state index contributed by atoms with van der Waals surface area (Å²) in [6.07, 6.45) is 0. The van der Waals surface area contributed by atoms with E-state index in [4.69, 9.17) is 9.05 Å². The number of rotatable bonds is 4. The molecular weight excluding hydrogens is 379 g/mol. The second kappa shape index (κ2) is 8.28. The highest BCUT2D eigenvalue weighted by Crippen LogP contribution is 2.43. The molecule has 0 aliphatic carbocycles. The lowest BCUT2D eigenvalue weighted by molar-refractivity contribution is 0.375. The summed E-state index contributed by atoms with van der Waals surface area (Å²) in [5.74, 6) is 1.32. The first-order valence-corrected chi connectivity index (χ1v) is 11.3. The van der Waals surface area contributed by atoms with Gasteiger partial charge in [-0.3, -0.25) is 0 Å². The number of hydrogen-bond donors (Lipinski definition) is 1. The van der Waals surface area contributed by atoms with Gasteiger partial charge in [-0.2, -0.15) is 0 Å². The predicted molar refractivity (Wildman–Crippen MR) is 124 cm³/mol. The van der Waals surface area contributed by atoms with Gasteiger partial charge in [0.1, 0.15) is 11.5 Å². The third kappa shape index (κ3) is 6.20. The van der Waals surface area contributed by atoms with Crippen LogP contribution in [0, 0.1) is 6.92 Å². The monoisotopic (exact) mass is 416 g/mol. The maximum atomic E-state index is 10.5. The fourth-order valence-corrected chi connectivity index (χ4v) is 3.81. The summed E-state index contributed by atoms with van der Waals surface area (Å²) in [6, 6.07) is 12.3. The molecule has 3 nitrogen and oxygen atoms in total. The highest BCUT2D eigenvalue weighted by Gasteiger charge is 2.25. The molecule has 0 bridgehead atoms. The van der Waals surface area contributed by atoms with Gasteiger partial charge in [0, 0.05) is 5.56 Å². The molecule has 2 rings (SSSR count). The molecule has 0 spiro atoms. The number of hydrogen-bond acceptors (Lipinski definition) is 3. The maximum Gasteiger partial charge on any atom is 0.460 e. The van der Waals surface area contributed by atoms with Gasteiger partial charge in [0.05, 0.1) is 0 Å². The van der Waals surface area contributed by atoms with Crippen LogP contribution in [0.4, 0.5) is 0 Å². The van der Waals surface area contributed by atoms with E-state index in [-0.39, 0.29) is 16.2 Å². The summed E-state index contributed by atoms with van der Waals surface area (Å²) in [5.41, 5.74) is 4.53. The Morgan fingerprint density at radius 1 is 0.655 bits per heavy atom. The summed E-state index contributed by atoms with van der Waals surface area (Å²) >= 11 is 0. The average Bonchev–Trinajstić information content (AvgIpc) is 2.54. The summed E-state index contributed by atoms with van der Waals surface area (Å²) in [5, 5.41) is 0. The average molecular weight is 417 g/mol. The summed E-state index contributed by atoms with van der Waals surface area (Å²) in [6.45, 7) is 21.6. The molecular formula is C25H37O3P. The third-order valence-corrected chi connectivity index (χ3v) is 5.75. The number of benzene rings is 2. The van der Waals surface area contributed by atoms with Crippen molar-refractivity contribution in [3.05, 3.63) is 58.7 Å². The van der Waals surface area contributed by atoms with Gasteiger partial charge in [0.2, 0.25) is 0 Å². The van der Waals surface area contributed by atoms with Crippen LogP contribution in [0.2, 0.25) is 0 Å². The molecule has 0 aliphatic heterocycles. The Balaban J connectivity index is 2.26. The van der Waals surface area contributed by atoms with E-state index in [0.29, 0.717) is 11.5 Å². The maximum absolute atomic E-state index is 10.5. The van der Waals surface area contributed by atoms with Crippen LogP contribution < -0.4 is 9.05 Å². The van der Waals surface area contributed by atoms with Crippen molar-refractivity contribution in [1.82, 2.24) is 0 Å². The molecule has 0 heterocycles. The van der Waals surface area contributed by atoms with Gasteiger partial charge in [-0.25, -0.2) is 0 Å². The van der Waals surface area contributed by atoms with E-state index in [1.807, 2.05) is 25.1 Å². The first kappa shape index (κ1) is 23.7. The Morgan fingerprint density at radius 2 is 1.10 bits per heavy atom. The standard InChI is InChI=1S/C25H37O3P/c1-17-15-18(23(2,3)4)11-13-21(17)27-29(26)28-22-14-12-19(24(5,6)7)16-20(22)25(8,9)10/h11-16,26H,1-10H3. The molecule has 0 aromatic heterocycles. The lowest BCUT2D eigenvalue weighted by atomic mass is 9.80. The second-order valence-electron chi connectivity index (χ2n) is 10.9. The minimum atomic E-state index is -2.09. The lowest BCUT2D eigenvalue weighted by Crippen LogP contribution is -2.17. The molecule has 0 radical (unpaired) electrons. The lowest BCUT2D eigenvalue weighted by Gasteiger charge is -2.27. The van der Waals surface area contributed by atoms with E-state index in [1.165, 1.54) is 11.1 Å². The Kier molecular flexibility index (Phi) is 6.77. The van der Waals surface area contributed by atoms with E-state index in [9.17, 15) is 4.89 Å². The second-order valence-corrected chi connectivity index (χ2v) is 11.7. The van der Waals surface area contributed by atoms with Gasteiger partial charge in [-0.1, -0.05) is 86.6 Å². The Labute approximate surface area is 178 Å². The van der Waals surface area contributed by atoms with Crippen LogP contribution in [-0.2, 0) is 16.2 Å². The molecule has 0 saturated heterocycles. The van der Waals surface area contributed by atoms with E-state index in [0.717, 1.165) is 11.1 Å². The normalized spacial score (nSPS) is 13.9. The van der Waals surface area contributed by atoms with Crippen molar-refractivity contribution in [2.24, 2.45) is 0 Å². The Morgan fingerprint density at radius 3 is 1.55 bits per heavy atom. The van der Waals surface area contributed by atoms with Crippen LogP contribution in [0.5, 0.6) is 11.5 Å². The van der Waals surface area contributed by atoms with Crippen molar-refractivity contribution < 1.29 is 13.9 Å². The van der Waals surface area contributed by atoms with E-state index < -0.39 is 8.60 Å². The molecule has 160 valence electrons. The molecule has 1 atom stereocenters. The molecule has 0 amide bonds. The van der Waals surface area contributed by atoms with Crippen LogP contribution in [0.1, 0.15) is 84.6 Å². The largest absolute Gasteiger partial charge is 0.460 e. The smallest absolute Gasteiger partial charge is 0.418 e. The van der Waals surface area contributed by atoms with E-state index in [2.05, 4.69) is 80.5 Å². The summed E-state index contributed by atoms with van der Waals surface area (Å²) < 4.78 is 11.7. The molecule has 2 aromatic rings. The zero-order valence-electron chi connectivity index (χ0n) is 19.7. The van der Waals surface area contributed by atoms with Crippen LogP contribution in [0.15, 0.2) is 36.4 Å². The summed E-state index contributed by atoms with van der Waals surface area (Å²) in [4.78, 5) is 10.5. The first-order valence-electron chi connectivity index (χ1n) is 10.2. The van der Waals surface area contributed by atoms with Gasteiger partial charge >= 0.3 is 8.60 Å². The molecule has 0 saturated carbocycles. The number of aryl methyl sites for hydroxylation is 1. The van der Waals surface area contributed by atoms with Gasteiger partial charge in [0.25, 0.3) is 0 Å². The van der Waals surface area contributed by atoms with Gasteiger partial charge in [0.15, 0.2) is 0 Å². The van der Waals surface area contributed by atoms with Crippen molar-refractivity contribution >= 4 is 8.60 Å². The van der Waals surface area contributed by atoms with E-state index in [1.54, 1.807) is 0 Å². The van der Waals surface area contributed by atoms with Crippen molar-refractivity contribution in [3.63, 3.8) is 0 Å². The first-order chi connectivity index (χ1) is 13.1. The quantitative estimate of drug-likeness (QED) is 0.523. The van der Waals surface area contributed by atoms with E-state index >= 15 is 0 Å². The zero-order valence-corrected chi connectivity index (χ0v) is 20.6. The van der Waals surface area contributed by atoms with Crippen molar-refractivity contribution in [1.29, 1.82) is 0 Å². The minimum Gasteiger partial charge on any atom is -0.418 e. The van der Waals surface area contributed by atoms with Gasteiger partial charge in [-0.05, 0) is 52.0 Å². The molecule has 4 heteroatoms. The van der Waals surface area contributed by atoms with Crippen LogP contribution in [0.25, 0.3) is 0 Å². The molecule has 2 aromatic carbocycles. The fraction of sp³-hybridized carbons (Fsp3) is 0.520. The SMILES string of the molecule is Cc1cc(C(C)(C)C)ccc1OP(O)Oc1ccc(C(C)(C)C)cc1C(C)(C)C. The van der Waals surface area contributed by atoms with Crippen molar-refractivity contribution in [3.8, 4) is 11.5 Å². The third-order valence-electron chi connectivity index (χ3n) is 5.05. The molecule has 0 fully saturated rings. The van der Waals surface area contributed by atoms with Crippen molar-refractivity contribution in [2.75, 3.05) is 0 Å². The molecule has 1 unspecified atom stereocenters. The van der Waals surface area contributed by atoms with Crippen LogP contribution in [0.3, 0.4) is 0 Å². The van der Waals surface area contributed by atoms with Crippen LogP contribution >= 0.6 is 8.60 Å². The zero-order chi connectivity index (χ0) is 22.2. The Hall–Kier alpha value is -1.57. The van der Waals surface area contributed by atoms with Gasteiger partial charge in [-0.15, -0.1) is 0 Å². The summed E-state index contributed by atoms with van der Waals surface area (Å²) in [7, 11) is -2.09. The highest BCUT2D eigenvalue weighted by atomic mass is 31.2. The highest BCUT2D eigenvalue weighted by molar-refractivity contribution is 7.41. The molecule has 0 aliphatic rings. The predicted octanol–water partition coefficient (Wildman–Crippen LogP) is 7.56. The van der Waals surface area contributed by atoms with Crippen molar-refractivity contribution in [2.45, 2.75) is 85.5 Å². The van der Waals surface area contributed by atoms with Gasteiger partial charge < -0.3 is 13.9 Å². The topological polar surface area (TPSA) is 38.7 Å². The molecule has 29 heavy (non-hydrogen) atoms. The minimum absolute atomic E-state index is 0.0465. The fourth-order valence-electron chi connectivity index (χ4n) is 3.07. The molecule has 1 N–H and O–H groups in total.